The molecule has 0 N–H and O–H groups in total. The number of rotatable bonds is 3. The summed E-state index contributed by atoms with van der Waals surface area (Å²) in [7, 11) is 2.14. The number of hydrogen-bond donors (Lipinski definition) is 0. The molecule has 1 amide bonds. The number of carbonyl (C=O) groups excluding carboxylic acids is 1. The zero-order chi connectivity index (χ0) is 17.4. The molecule has 3 heterocycles. The molecular formula is C19H25ClN4O. The van der Waals surface area contributed by atoms with E-state index in [1.807, 2.05) is 17.1 Å². The second-order valence-electron chi connectivity index (χ2n) is 7.49. The van der Waals surface area contributed by atoms with Crippen LogP contribution in [-0.2, 0) is 11.3 Å². The third-order valence-corrected chi connectivity index (χ3v) is 5.89. The van der Waals surface area contributed by atoms with Gasteiger partial charge in [0.1, 0.15) is 0 Å². The van der Waals surface area contributed by atoms with Crippen LogP contribution in [0.1, 0.15) is 24.8 Å². The van der Waals surface area contributed by atoms with Gasteiger partial charge in [0.2, 0.25) is 0 Å². The van der Waals surface area contributed by atoms with E-state index in [2.05, 4.69) is 29.0 Å². The van der Waals surface area contributed by atoms with Crippen molar-refractivity contribution >= 4 is 23.2 Å². The van der Waals surface area contributed by atoms with Crippen LogP contribution in [-0.4, -0.2) is 65.7 Å². The van der Waals surface area contributed by atoms with Crippen molar-refractivity contribution in [1.29, 1.82) is 0 Å². The van der Waals surface area contributed by atoms with Crippen LogP contribution in [0.4, 0.5) is 0 Å². The van der Waals surface area contributed by atoms with Crippen molar-refractivity contribution in [3.8, 4) is 0 Å². The minimum absolute atomic E-state index is 0.0149. The highest BCUT2D eigenvalue weighted by Gasteiger charge is 2.42. The van der Waals surface area contributed by atoms with Crippen molar-refractivity contribution in [3.05, 3.63) is 34.9 Å². The summed E-state index contributed by atoms with van der Waals surface area (Å²) in [4.78, 5) is 17.5. The van der Waals surface area contributed by atoms with Crippen LogP contribution in [0.15, 0.2) is 29.4 Å². The predicted octanol–water partition coefficient (Wildman–Crippen LogP) is 2.45. The van der Waals surface area contributed by atoms with Gasteiger partial charge in [-0.25, -0.2) is 5.01 Å². The van der Waals surface area contributed by atoms with E-state index in [1.54, 1.807) is 0 Å². The Morgan fingerprint density at radius 1 is 1.12 bits per heavy atom. The molecule has 2 fully saturated rings. The van der Waals surface area contributed by atoms with Gasteiger partial charge in [-0.2, -0.15) is 5.10 Å². The van der Waals surface area contributed by atoms with Gasteiger partial charge in [-0.1, -0.05) is 23.7 Å². The number of piperidine rings is 2. The maximum absolute atomic E-state index is 12.8. The molecule has 134 valence electrons. The average molecular weight is 361 g/mol. The van der Waals surface area contributed by atoms with Gasteiger partial charge in [0.25, 0.3) is 5.91 Å². The molecule has 6 heteroatoms. The minimum atomic E-state index is 0.0149. The monoisotopic (exact) mass is 360 g/mol. The van der Waals surface area contributed by atoms with E-state index in [-0.39, 0.29) is 17.9 Å². The molecule has 3 aliphatic rings. The van der Waals surface area contributed by atoms with Gasteiger partial charge in [0.05, 0.1) is 17.7 Å². The molecule has 0 aliphatic carbocycles. The standard InChI is InChI=1S/C19H25ClN4O/c1-22-9-6-16(7-10-22)24-19(25)17-8-11-23(13-18(17)21-24)12-14-2-4-15(20)5-3-14/h2-5,16-17H,6-13H2,1H3. The minimum Gasteiger partial charge on any atom is -0.306 e. The third-order valence-electron chi connectivity index (χ3n) is 5.64. The molecule has 1 aromatic carbocycles. The van der Waals surface area contributed by atoms with E-state index in [4.69, 9.17) is 16.7 Å². The first kappa shape index (κ1) is 17.0. The molecule has 0 aromatic heterocycles. The van der Waals surface area contributed by atoms with Gasteiger partial charge in [0.15, 0.2) is 0 Å². The van der Waals surface area contributed by atoms with E-state index < -0.39 is 0 Å². The average Bonchev–Trinajstić information content (AvgIpc) is 2.94. The van der Waals surface area contributed by atoms with Gasteiger partial charge in [-0.05, 0) is 57.1 Å². The molecule has 1 unspecified atom stereocenters. The maximum Gasteiger partial charge on any atom is 0.251 e. The number of likely N-dealkylation sites (tertiary alicyclic amines) is 2. The molecular weight excluding hydrogens is 336 g/mol. The van der Waals surface area contributed by atoms with Crippen molar-refractivity contribution in [2.24, 2.45) is 11.0 Å². The van der Waals surface area contributed by atoms with Gasteiger partial charge < -0.3 is 4.90 Å². The Labute approximate surface area is 154 Å². The molecule has 1 aromatic rings. The summed E-state index contributed by atoms with van der Waals surface area (Å²) in [6.45, 7) is 4.71. The van der Waals surface area contributed by atoms with Crippen molar-refractivity contribution in [2.75, 3.05) is 33.2 Å². The Hall–Kier alpha value is -1.43. The second-order valence-corrected chi connectivity index (χ2v) is 7.92. The Bertz CT molecular complexity index is 667. The zero-order valence-corrected chi connectivity index (χ0v) is 15.5. The molecule has 25 heavy (non-hydrogen) atoms. The lowest BCUT2D eigenvalue weighted by Gasteiger charge is -2.33. The Morgan fingerprint density at radius 3 is 2.56 bits per heavy atom. The summed E-state index contributed by atoms with van der Waals surface area (Å²) in [6.07, 6.45) is 2.94. The van der Waals surface area contributed by atoms with E-state index >= 15 is 0 Å². The molecule has 4 rings (SSSR count). The fourth-order valence-electron chi connectivity index (χ4n) is 4.10. The first-order valence-electron chi connectivity index (χ1n) is 9.16. The number of nitrogens with zero attached hydrogens (tertiary/aromatic N) is 4. The molecule has 0 radical (unpaired) electrons. The molecule has 1 atom stereocenters. The van der Waals surface area contributed by atoms with Crippen LogP contribution in [0.2, 0.25) is 5.02 Å². The van der Waals surface area contributed by atoms with Crippen LogP contribution in [0.3, 0.4) is 0 Å². The summed E-state index contributed by atoms with van der Waals surface area (Å²) in [5.41, 5.74) is 2.31. The highest BCUT2D eigenvalue weighted by molar-refractivity contribution is 6.30. The Kier molecular flexibility index (Phi) is 4.80. The quantitative estimate of drug-likeness (QED) is 0.831. The van der Waals surface area contributed by atoms with E-state index in [0.29, 0.717) is 0 Å². The number of carbonyl (C=O) groups is 1. The van der Waals surface area contributed by atoms with Crippen molar-refractivity contribution in [3.63, 3.8) is 0 Å². The van der Waals surface area contributed by atoms with Gasteiger partial charge in [-0.3, -0.25) is 9.69 Å². The van der Waals surface area contributed by atoms with Crippen molar-refractivity contribution in [2.45, 2.75) is 31.8 Å². The van der Waals surface area contributed by atoms with E-state index in [0.717, 1.165) is 62.7 Å². The highest BCUT2D eigenvalue weighted by Crippen LogP contribution is 2.29. The van der Waals surface area contributed by atoms with Crippen LogP contribution >= 0.6 is 11.6 Å². The zero-order valence-electron chi connectivity index (χ0n) is 14.7. The number of fused-ring (bicyclic) bond motifs is 1. The lowest BCUT2D eigenvalue weighted by Crippen LogP contribution is -2.45. The van der Waals surface area contributed by atoms with Crippen molar-refractivity contribution < 1.29 is 4.79 Å². The third kappa shape index (κ3) is 3.59. The van der Waals surface area contributed by atoms with Crippen LogP contribution < -0.4 is 0 Å². The number of amides is 1. The Balaban J connectivity index is 1.41. The predicted molar refractivity (Wildman–Crippen MR) is 99.6 cm³/mol. The number of benzene rings is 1. The van der Waals surface area contributed by atoms with Crippen LogP contribution in [0, 0.1) is 5.92 Å². The SMILES string of the molecule is CN1CCC(N2N=C3CN(Cc4ccc(Cl)cc4)CCC3C2=O)CC1. The summed E-state index contributed by atoms with van der Waals surface area (Å²) in [5, 5.41) is 7.35. The molecule has 0 bridgehead atoms. The Morgan fingerprint density at radius 2 is 1.84 bits per heavy atom. The summed E-state index contributed by atoms with van der Waals surface area (Å²) < 4.78 is 0. The lowest BCUT2D eigenvalue weighted by molar-refractivity contribution is -0.135. The first-order valence-corrected chi connectivity index (χ1v) is 9.54. The van der Waals surface area contributed by atoms with Crippen LogP contribution in [0.5, 0.6) is 0 Å². The molecule has 0 spiro atoms. The van der Waals surface area contributed by atoms with Gasteiger partial charge >= 0.3 is 0 Å². The molecule has 5 nitrogen and oxygen atoms in total. The fraction of sp³-hybridized carbons (Fsp3) is 0.579. The lowest BCUT2D eigenvalue weighted by atomic mass is 9.94. The summed E-state index contributed by atoms with van der Waals surface area (Å²) in [5.74, 6) is 0.247. The first-order chi connectivity index (χ1) is 12.1. The van der Waals surface area contributed by atoms with Crippen LogP contribution in [0.25, 0.3) is 0 Å². The highest BCUT2D eigenvalue weighted by atomic mass is 35.5. The fourth-order valence-corrected chi connectivity index (χ4v) is 4.22. The molecule has 0 saturated carbocycles. The largest absolute Gasteiger partial charge is 0.306 e. The van der Waals surface area contributed by atoms with Gasteiger partial charge in [-0.15, -0.1) is 0 Å². The van der Waals surface area contributed by atoms with Crippen molar-refractivity contribution in [1.82, 2.24) is 14.8 Å². The number of hydrazone groups is 1. The second kappa shape index (κ2) is 7.06. The number of hydrogen-bond acceptors (Lipinski definition) is 4. The topological polar surface area (TPSA) is 39.1 Å². The molecule has 3 aliphatic heterocycles. The van der Waals surface area contributed by atoms with E-state index in [9.17, 15) is 4.79 Å². The van der Waals surface area contributed by atoms with E-state index in [1.165, 1.54) is 5.56 Å². The smallest absolute Gasteiger partial charge is 0.251 e. The summed E-state index contributed by atoms with van der Waals surface area (Å²) >= 11 is 5.96. The molecule has 2 saturated heterocycles. The number of halogens is 1. The summed E-state index contributed by atoms with van der Waals surface area (Å²) in [6, 6.07) is 8.29. The van der Waals surface area contributed by atoms with Gasteiger partial charge in [0, 0.05) is 24.7 Å². The normalized spacial score (nSPS) is 26.0. The maximum atomic E-state index is 12.8.